The van der Waals surface area contributed by atoms with E-state index in [9.17, 15) is 14.5 Å². The van der Waals surface area contributed by atoms with E-state index in [0.29, 0.717) is 6.54 Å². The van der Waals surface area contributed by atoms with Crippen LogP contribution in [0, 0.1) is 15.9 Å². The monoisotopic (exact) mass is 278 g/mol. The van der Waals surface area contributed by atoms with E-state index >= 15 is 0 Å². The molecule has 20 heavy (non-hydrogen) atoms. The average Bonchev–Trinajstić information content (AvgIpc) is 2.87. The summed E-state index contributed by atoms with van der Waals surface area (Å²) < 4.78 is 14.6. The first-order valence-corrected chi connectivity index (χ1v) is 6.31. The number of rotatable bonds is 6. The van der Waals surface area contributed by atoms with Crippen LogP contribution in [0.2, 0.25) is 0 Å². The molecule has 0 aliphatic rings. The molecule has 1 aromatic heterocycles. The quantitative estimate of drug-likeness (QED) is 0.500. The molecule has 0 aliphatic heterocycles. The highest BCUT2D eigenvalue weighted by atomic mass is 19.1. The van der Waals surface area contributed by atoms with Crippen molar-refractivity contribution in [3.05, 3.63) is 52.1 Å². The Hall–Kier alpha value is -2.28. The van der Waals surface area contributed by atoms with E-state index in [1.165, 1.54) is 4.68 Å². The van der Waals surface area contributed by atoms with Crippen molar-refractivity contribution in [2.24, 2.45) is 0 Å². The smallest absolute Gasteiger partial charge is 0.295 e. The largest absolute Gasteiger partial charge is 0.311 e. The minimum atomic E-state index is -0.550. The van der Waals surface area contributed by atoms with Gasteiger partial charge >= 0.3 is 0 Å². The van der Waals surface area contributed by atoms with Crippen molar-refractivity contribution >= 4 is 5.69 Å². The van der Waals surface area contributed by atoms with Crippen LogP contribution in [0.25, 0.3) is 5.69 Å². The molecule has 0 amide bonds. The minimum Gasteiger partial charge on any atom is -0.311 e. The molecule has 1 heterocycles. The standard InChI is InChI=1S/C13H15FN4O2/c1-2-6-15-9-11-5-7-17(16-11)13-8-10(14)3-4-12(13)18(19)20/h3-5,7-8,15H,2,6,9H2,1H3. The Morgan fingerprint density at radius 1 is 1.45 bits per heavy atom. The normalized spacial score (nSPS) is 10.7. The fourth-order valence-electron chi connectivity index (χ4n) is 1.82. The second kappa shape index (κ2) is 6.25. The summed E-state index contributed by atoms with van der Waals surface area (Å²) in [7, 11) is 0. The Bertz CT molecular complexity index is 612. The number of nitro benzene ring substituents is 1. The highest BCUT2D eigenvalue weighted by Gasteiger charge is 2.17. The third-order valence-corrected chi connectivity index (χ3v) is 2.76. The van der Waals surface area contributed by atoms with Crippen LogP contribution in [0.5, 0.6) is 0 Å². The van der Waals surface area contributed by atoms with Crippen molar-refractivity contribution < 1.29 is 9.31 Å². The molecule has 2 aromatic rings. The van der Waals surface area contributed by atoms with Gasteiger partial charge in [-0.25, -0.2) is 9.07 Å². The number of halogens is 1. The molecule has 6 nitrogen and oxygen atoms in total. The molecule has 7 heteroatoms. The molecule has 0 spiro atoms. The molecule has 0 fully saturated rings. The van der Waals surface area contributed by atoms with Gasteiger partial charge in [0.15, 0.2) is 0 Å². The zero-order valence-corrected chi connectivity index (χ0v) is 11.0. The van der Waals surface area contributed by atoms with Crippen molar-refractivity contribution in [2.75, 3.05) is 6.54 Å². The van der Waals surface area contributed by atoms with Gasteiger partial charge in [0, 0.05) is 24.9 Å². The molecule has 0 atom stereocenters. The number of aromatic nitrogens is 2. The Morgan fingerprint density at radius 2 is 2.25 bits per heavy atom. The topological polar surface area (TPSA) is 73.0 Å². The van der Waals surface area contributed by atoms with E-state index in [1.807, 2.05) is 0 Å². The molecule has 1 aromatic carbocycles. The van der Waals surface area contributed by atoms with Crippen LogP contribution in [0.3, 0.4) is 0 Å². The van der Waals surface area contributed by atoms with Gasteiger partial charge in [-0.15, -0.1) is 0 Å². The van der Waals surface area contributed by atoms with Gasteiger partial charge in [0.2, 0.25) is 0 Å². The Morgan fingerprint density at radius 3 is 2.95 bits per heavy atom. The van der Waals surface area contributed by atoms with Gasteiger partial charge in [-0.05, 0) is 25.1 Å². The number of nitrogens with one attached hydrogen (secondary N) is 1. The predicted molar refractivity (Wildman–Crippen MR) is 72.2 cm³/mol. The summed E-state index contributed by atoms with van der Waals surface area (Å²) in [5.74, 6) is -0.535. The third kappa shape index (κ3) is 3.18. The van der Waals surface area contributed by atoms with Gasteiger partial charge in [-0.3, -0.25) is 10.1 Å². The molecular formula is C13H15FN4O2. The second-order valence-corrected chi connectivity index (χ2v) is 4.32. The molecule has 0 radical (unpaired) electrons. The maximum absolute atomic E-state index is 13.3. The lowest BCUT2D eigenvalue weighted by molar-refractivity contribution is -0.384. The average molecular weight is 278 g/mol. The van der Waals surface area contributed by atoms with Crippen molar-refractivity contribution in [3.63, 3.8) is 0 Å². The first kappa shape index (κ1) is 14.1. The SMILES string of the molecule is CCCNCc1ccn(-c2cc(F)ccc2[N+](=O)[O-])n1. The van der Waals surface area contributed by atoms with Crippen LogP contribution < -0.4 is 5.32 Å². The molecule has 0 aliphatic carbocycles. The molecule has 106 valence electrons. The Labute approximate surface area is 115 Å². The van der Waals surface area contributed by atoms with Crippen molar-refractivity contribution in [1.82, 2.24) is 15.1 Å². The summed E-state index contributed by atoms with van der Waals surface area (Å²) in [6.45, 7) is 3.50. The van der Waals surface area contributed by atoms with Crippen molar-refractivity contribution in [3.8, 4) is 5.69 Å². The highest BCUT2D eigenvalue weighted by molar-refractivity contribution is 5.51. The molecule has 0 saturated carbocycles. The summed E-state index contributed by atoms with van der Waals surface area (Å²) in [5, 5.41) is 18.4. The van der Waals surface area contributed by atoms with Crippen LogP contribution in [-0.2, 0) is 6.54 Å². The summed E-state index contributed by atoms with van der Waals surface area (Å²) in [6.07, 6.45) is 2.60. The van der Waals surface area contributed by atoms with Gasteiger partial charge in [0.25, 0.3) is 5.69 Å². The van der Waals surface area contributed by atoms with Gasteiger partial charge < -0.3 is 5.32 Å². The van der Waals surface area contributed by atoms with Crippen LogP contribution in [0.15, 0.2) is 30.5 Å². The van der Waals surface area contributed by atoms with Gasteiger partial charge in [0.1, 0.15) is 11.5 Å². The first-order chi connectivity index (χ1) is 9.61. The molecule has 1 N–H and O–H groups in total. The maximum atomic E-state index is 13.3. The van der Waals surface area contributed by atoms with Gasteiger partial charge in [-0.2, -0.15) is 5.10 Å². The number of hydrogen-bond acceptors (Lipinski definition) is 4. The fraction of sp³-hybridized carbons (Fsp3) is 0.308. The summed E-state index contributed by atoms with van der Waals surface area (Å²) >= 11 is 0. The van der Waals surface area contributed by atoms with Crippen LogP contribution >= 0.6 is 0 Å². The van der Waals surface area contributed by atoms with E-state index in [-0.39, 0.29) is 11.4 Å². The lowest BCUT2D eigenvalue weighted by Crippen LogP contribution is -2.14. The molecule has 0 unspecified atom stereocenters. The zero-order valence-electron chi connectivity index (χ0n) is 11.0. The second-order valence-electron chi connectivity index (χ2n) is 4.32. The maximum Gasteiger partial charge on any atom is 0.295 e. The lowest BCUT2D eigenvalue weighted by Gasteiger charge is -2.03. The van der Waals surface area contributed by atoms with E-state index in [2.05, 4.69) is 17.3 Å². The Balaban J connectivity index is 2.27. The number of benzene rings is 1. The Kier molecular flexibility index (Phi) is 4.41. The zero-order chi connectivity index (χ0) is 14.5. The van der Waals surface area contributed by atoms with Crippen molar-refractivity contribution in [2.45, 2.75) is 19.9 Å². The molecule has 0 bridgehead atoms. The number of nitro groups is 1. The third-order valence-electron chi connectivity index (χ3n) is 2.76. The molecule has 2 rings (SSSR count). The van der Waals surface area contributed by atoms with Crippen LogP contribution in [0.4, 0.5) is 10.1 Å². The molecule has 0 saturated heterocycles. The summed E-state index contributed by atoms with van der Waals surface area (Å²) in [6, 6.07) is 5.06. The molecular weight excluding hydrogens is 263 g/mol. The summed E-state index contributed by atoms with van der Waals surface area (Å²) in [4.78, 5) is 10.4. The predicted octanol–water partition coefficient (Wildman–Crippen LogP) is 2.42. The van der Waals surface area contributed by atoms with Crippen LogP contribution in [0.1, 0.15) is 19.0 Å². The van der Waals surface area contributed by atoms with Crippen molar-refractivity contribution in [1.29, 1.82) is 0 Å². The summed E-state index contributed by atoms with van der Waals surface area (Å²) in [5.41, 5.74) is 0.691. The number of hydrogen-bond donors (Lipinski definition) is 1. The van der Waals surface area contributed by atoms with Gasteiger partial charge in [0.05, 0.1) is 10.6 Å². The van der Waals surface area contributed by atoms with E-state index < -0.39 is 10.7 Å². The lowest BCUT2D eigenvalue weighted by atomic mass is 10.2. The minimum absolute atomic E-state index is 0.122. The fourth-order valence-corrected chi connectivity index (χ4v) is 1.82. The first-order valence-electron chi connectivity index (χ1n) is 6.31. The highest BCUT2D eigenvalue weighted by Crippen LogP contribution is 2.23. The van der Waals surface area contributed by atoms with E-state index in [4.69, 9.17) is 0 Å². The van der Waals surface area contributed by atoms with E-state index in [1.54, 1.807) is 12.3 Å². The van der Waals surface area contributed by atoms with Crippen LogP contribution in [-0.4, -0.2) is 21.2 Å². The van der Waals surface area contributed by atoms with E-state index in [0.717, 1.165) is 36.9 Å². The van der Waals surface area contributed by atoms with Gasteiger partial charge in [-0.1, -0.05) is 6.92 Å². The number of nitrogens with zero attached hydrogens (tertiary/aromatic N) is 3.